The standard InChI is InChI=1S/C22H28N2O5S/c1-2-28-19-10-12-20(13-11-19)30(26,27)23-14-6-9-22(25)24-15-16-29-21(17-24)18-7-4-3-5-8-18/h3-5,7-8,10-13,21,23H,2,6,9,14-17H2,1H3. The van der Waals surface area contributed by atoms with E-state index in [0.29, 0.717) is 38.5 Å². The number of nitrogens with one attached hydrogen (secondary N) is 1. The molecule has 0 radical (unpaired) electrons. The summed E-state index contributed by atoms with van der Waals surface area (Å²) in [5, 5.41) is 0. The topological polar surface area (TPSA) is 84.9 Å². The van der Waals surface area contributed by atoms with Gasteiger partial charge in [-0.25, -0.2) is 13.1 Å². The lowest BCUT2D eigenvalue weighted by atomic mass is 10.1. The first-order valence-corrected chi connectivity index (χ1v) is 11.6. The van der Waals surface area contributed by atoms with Crippen LogP contribution in [0, 0.1) is 0 Å². The van der Waals surface area contributed by atoms with Crippen molar-refractivity contribution in [2.24, 2.45) is 0 Å². The second kappa shape index (κ2) is 10.6. The number of nitrogens with zero attached hydrogens (tertiary/aromatic N) is 1. The van der Waals surface area contributed by atoms with Crippen molar-refractivity contribution >= 4 is 15.9 Å². The average molecular weight is 433 g/mol. The number of morpholine rings is 1. The maximum atomic E-state index is 12.5. The molecule has 3 rings (SSSR count). The first-order valence-electron chi connectivity index (χ1n) is 10.2. The van der Waals surface area contributed by atoms with Crippen LogP contribution < -0.4 is 9.46 Å². The van der Waals surface area contributed by atoms with Gasteiger partial charge in [0, 0.05) is 19.5 Å². The number of hydrogen-bond acceptors (Lipinski definition) is 5. The van der Waals surface area contributed by atoms with Gasteiger partial charge in [0.1, 0.15) is 11.9 Å². The Labute approximate surface area is 178 Å². The van der Waals surface area contributed by atoms with Crippen molar-refractivity contribution in [3.8, 4) is 5.75 Å². The lowest BCUT2D eigenvalue weighted by molar-refractivity contribution is -0.139. The first-order chi connectivity index (χ1) is 14.5. The molecule has 2 aromatic carbocycles. The summed E-state index contributed by atoms with van der Waals surface area (Å²) in [6, 6.07) is 16.1. The molecule has 30 heavy (non-hydrogen) atoms. The molecular formula is C22H28N2O5S. The van der Waals surface area contributed by atoms with E-state index < -0.39 is 10.0 Å². The molecule has 1 N–H and O–H groups in total. The monoisotopic (exact) mass is 432 g/mol. The highest BCUT2D eigenvalue weighted by Crippen LogP contribution is 2.22. The molecule has 0 bridgehead atoms. The SMILES string of the molecule is CCOc1ccc(S(=O)(=O)NCCCC(=O)N2CCOC(c3ccccc3)C2)cc1. The van der Waals surface area contributed by atoms with Crippen molar-refractivity contribution in [3.63, 3.8) is 0 Å². The van der Waals surface area contributed by atoms with Crippen molar-refractivity contribution in [2.75, 3.05) is 32.8 Å². The van der Waals surface area contributed by atoms with E-state index in [9.17, 15) is 13.2 Å². The van der Waals surface area contributed by atoms with E-state index in [0.717, 1.165) is 5.56 Å². The molecule has 8 heteroatoms. The van der Waals surface area contributed by atoms with Crippen LogP contribution in [-0.2, 0) is 19.6 Å². The highest BCUT2D eigenvalue weighted by atomic mass is 32.2. The van der Waals surface area contributed by atoms with E-state index in [-0.39, 0.29) is 29.9 Å². The van der Waals surface area contributed by atoms with Gasteiger partial charge in [-0.05, 0) is 43.2 Å². The van der Waals surface area contributed by atoms with Crippen LogP contribution in [0.3, 0.4) is 0 Å². The highest BCUT2D eigenvalue weighted by molar-refractivity contribution is 7.89. The molecular weight excluding hydrogens is 404 g/mol. The molecule has 1 aliphatic heterocycles. The van der Waals surface area contributed by atoms with Gasteiger partial charge in [-0.3, -0.25) is 4.79 Å². The van der Waals surface area contributed by atoms with E-state index in [1.807, 2.05) is 37.3 Å². The summed E-state index contributed by atoms with van der Waals surface area (Å²) in [5.74, 6) is 0.640. The van der Waals surface area contributed by atoms with Crippen LogP contribution in [-0.4, -0.2) is 52.1 Å². The Bertz CT molecular complexity index is 916. The number of rotatable bonds is 9. The molecule has 2 aromatic rings. The van der Waals surface area contributed by atoms with Crippen molar-refractivity contribution in [2.45, 2.75) is 30.8 Å². The number of amides is 1. The number of carbonyl (C=O) groups is 1. The van der Waals surface area contributed by atoms with Gasteiger partial charge in [0.15, 0.2) is 0 Å². The molecule has 1 fully saturated rings. The smallest absolute Gasteiger partial charge is 0.240 e. The van der Waals surface area contributed by atoms with Gasteiger partial charge >= 0.3 is 0 Å². The summed E-state index contributed by atoms with van der Waals surface area (Å²) in [6.45, 7) is 4.16. The second-order valence-electron chi connectivity index (χ2n) is 7.02. The largest absolute Gasteiger partial charge is 0.494 e. The number of ether oxygens (including phenoxy) is 2. The van der Waals surface area contributed by atoms with Crippen LogP contribution in [0.5, 0.6) is 5.75 Å². The Balaban J connectivity index is 1.44. The molecule has 1 saturated heterocycles. The third-order valence-corrected chi connectivity index (χ3v) is 6.37. The fourth-order valence-electron chi connectivity index (χ4n) is 3.31. The molecule has 0 aromatic heterocycles. The van der Waals surface area contributed by atoms with E-state index in [1.54, 1.807) is 17.0 Å². The minimum absolute atomic E-state index is 0.0134. The van der Waals surface area contributed by atoms with Gasteiger partial charge in [-0.1, -0.05) is 30.3 Å². The predicted molar refractivity (Wildman–Crippen MR) is 114 cm³/mol. The summed E-state index contributed by atoms with van der Waals surface area (Å²) in [7, 11) is -3.61. The molecule has 0 aliphatic carbocycles. The van der Waals surface area contributed by atoms with Crippen molar-refractivity contribution in [1.82, 2.24) is 9.62 Å². The third kappa shape index (κ3) is 6.04. The number of hydrogen-bond donors (Lipinski definition) is 1. The van der Waals surface area contributed by atoms with Crippen LogP contribution in [0.2, 0.25) is 0 Å². The average Bonchev–Trinajstić information content (AvgIpc) is 2.78. The van der Waals surface area contributed by atoms with Crippen LogP contribution in [0.1, 0.15) is 31.4 Å². The Morgan fingerprint density at radius 2 is 1.90 bits per heavy atom. The molecule has 1 atom stereocenters. The quantitative estimate of drug-likeness (QED) is 0.616. The summed E-state index contributed by atoms with van der Waals surface area (Å²) in [6.07, 6.45) is 0.595. The summed E-state index contributed by atoms with van der Waals surface area (Å²) >= 11 is 0. The number of sulfonamides is 1. The van der Waals surface area contributed by atoms with Gasteiger partial charge in [-0.2, -0.15) is 0 Å². The summed E-state index contributed by atoms with van der Waals surface area (Å²) < 4.78 is 38.4. The molecule has 1 unspecified atom stereocenters. The molecule has 162 valence electrons. The lowest BCUT2D eigenvalue weighted by Gasteiger charge is -2.33. The second-order valence-corrected chi connectivity index (χ2v) is 8.78. The van der Waals surface area contributed by atoms with E-state index >= 15 is 0 Å². The van der Waals surface area contributed by atoms with Gasteiger partial charge in [-0.15, -0.1) is 0 Å². The Morgan fingerprint density at radius 3 is 2.60 bits per heavy atom. The zero-order chi connectivity index (χ0) is 21.4. The maximum absolute atomic E-state index is 12.5. The van der Waals surface area contributed by atoms with Crippen molar-refractivity contribution in [1.29, 1.82) is 0 Å². The molecule has 0 spiro atoms. The lowest BCUT2D eigenvalue weighted by Crippen LogP contribution is -2.42. The third-order valence-electron chi connectivity index (χ3n) is 4.90. The van der Waals surface area contributed by atoms with E-state index in [2.05, 4.69) is 4.72 Å². The Kier molecular flexibility index (Phi) is 7.84. The van der Waals surface area contributed by atoms with Crippen LogP contribution in [0.4, 0.5) is 0 Å². The fourth-order valence-corrected chi connectivity index (χ4v) is 4.39. The Morgan fingerprint density at radius 1 is 1.17 bits per heavy atom. The van der Waals surface area contributed by atoms with Crippen LogP contribution in [0.15, 0.2) is 59.5 Å². The fraction of sp³-hybridized carbons (Fsp3) is 0.409. The normalized spacial score (nSPS) is 17.0. The van der Waals surface area contributed by atoms with Gasteiger partial charge in [0.05, 0.1) is 24.7 Å². The van der Waals surface area contributed by atoms with Gasteiger partial charge in [0.2, 0.25) is 15.9 Å². The number of benzene rings is 2. The minimum atomic E-state index is -3.61. The number of carbonyl (C=O) groups excluding carboxylic acids is 1. The molecule has 1 amide bonds. The molecule has 0 saturated carbocycles. The summed E-state index contributed by atoms with van der Waals surface area (Å²) in [4.78, 5) is 14.5. The van der Waals surface area contributed by atoms with Gasteiger partial charge < -0.3 is 14.4 Å². The highest BCUT2D eigenvalue weighted by Gasteiger charge is 2.25. The van der Waals surface area contributed by atoms with Crippen molar-refractivity contribution < 1.29 is 22.7 Å². The van der Waals surface area contributed by atoms with Gasteiger partial charge in [0.25, 0.3) is 0 Å². The minimum Gasteiger partial charge on any atom is -0.494 e. The van der Waals surface area contributed by atoms with E-state index in [1.165, 1.54) is 12.1 Å². The summed E-state index contributed by atoms with van der Waals surface area (Å²) in [5.41, 5.74) is 1.05. The first kappa shape index (κ1) is 22.3. The predicted octanol–water partition coefficient (Wildman–Crippen LogP) is 2.74. The zero-order valence-corrected chi connectivity index (χ0v) is 17.9. The van der Waals surface area contributed by atoms with E-state index in [4.69, 9.17) is 9.47 Å². The van der Waals surface area contributed by atoms with Crippen LogP contribution in [0.25, 0.3) is 0 Å². The van der Waals surface area contributed by atoms with Crippen LogP contribution >= 0.6 is 0 Å². The Hall–Kier alpha value is -2.42. The molecule has 7 nitrogen and oxygen atoms in total. The maximum Gasteiger partial charge on any atom is 0.240 e. The van der Waals surface area contributed by atoms with Crippen molar-refractivity contribution in [3.05, 3.63) is 60.2 Å². The molecule has 1 heterocycles. The molecule has 1 aliphatic rings. The zero-order valence-electron chi connectivity index (χ0n) is 17.1.